The third kappa shape index (κ3) is 3.22. The zero-order valence-electron chi connectivity index (χ0n) is 10.0. The maximum Gasteiger partial charge on any atom is 0.384 e. The lowest BCUT2D eigenvalue weighted by Crippen LogP contribution is -2.01. The summed E-state index contributed by atoms with van der Waals surface area (Å²) in [5.74, 6) is 4.13. The van der Waals surface area contributed by atoms with E-state index in [-0.39, 0.29) is 18.0 Å². The number of nitro benzene ring substituents is 1. The third-order valence-corrected chi connectivity index (χ3v) is 2.14. The van der Waals surface area contributed by atoms with Crippen LogP contribution in [0.4, 0.5) is 11.4 Å². The molecule has 0 saturated heterocycles. The molecule has 0 saturated carbocycles. The Morgan fingerprint density at radius 1 is 1.56 bits per heavy atom. The van der Waals surface area contributed by atoms with Crippen LogP contribution in [0, 0.1) is 28.9 Å². The van der Waals surface area contributed by atoms with E-state index in [1.165, 1.54) is 12.1 Å². The predicted octanol–water partition coefficient (Wildman–Crippen LogP) is 1.40. The maximum absolute atomic E-state index is 11.0. The minimum absolute atomic E-state index is 0.0748. The SMILES string of the molecule is CCOC(=O)C#Cc1cc(C)c([N+](=O)[O-])cc1N. The number of carbonyl (C=O) groups is 1. The van der Waals surface area contributed by atoms with E-state index in [0.717, 1.165) is 0 Å². The lowest BCUT2D eigenvalue weighted by molar-refractivity contribution is -0.385. The van der Waals surface area contributed by atoms with Crippen molar-refractivity contribution >= 4 is 17.3 Å². The number of nitro groups is 1. The van der Waals surface area contributed by atoms with Gasteiger partial charge in [-0.15, -0.1) is 0 Å². The van der Waals surface area contributed by atoms with Crippen molar-refractivity contribution < 1.29 is 14.5 Å². The largest absolute Gasteiger partial charge is 0.456 e. The van der Waals surface area contributed by atoms with Gasteiger partial charge >= 0.3 is 5.97 Å². The minimum Gasteiger partial charge on any atom is -0.456 e. The normalized spacial score (nSPS) is 9.22. The van der Waals surface area contributed by atoms with Crippen molar-refractivity contribution in [1.82, 2.24) is 0 Å². The van der Waals surface area contributed by atoms with Crippen LogP contribution in [0.1, 0.15) is 18.1 Å². The molecule has 18 heavy (non-hydrogen) atoms. The summed E-state index contributed by atoms with van der Waals surface area (Å²) in [6, 6.07) is 2.70. The quantitative estimate of drug-likeness (QED) is 0.280. The molecule has 0 aliphatic heterocycles. The molecule has 0 unspecified atom stereocenters. The van der Waals surface area contributed by atoms with E-state index in [2.05, 4.69) is 16.6 Å². The van der Waals surface area contributed by atoms with Gasteiger partial charge in [0.1, 0.15) is 0 Å². The summed E-state index contributed by atoms with van der Waals surface area (Å²) in [5, 5.41) is 10.7. The fraction of sp³-hybridized carbons (Fsp3) is 0.250. The first-order valence-electron chi connectivity index (χ1n) is 5.19. The molecular formula is C12H12N2O4. The van der Waals surface area contributed by atoms with Gasteiger partial charge in [0.2, 0.25) is 0 Å². The molecule has 1 aromatic rings. The molecule has 1 rings (SSSR count). The van der Waals surface area contributed by atoms with Crippen molar-refractivity contribution in [2.45, 2.75) is 13.8 Å². The molecule has 0 heterocycles. The van der Waals surface area contributed by atoms with Crippen molar-refractivity contribution in [2.24, 2.45) is 0 Å². The van der Waals surface area contributed by atoms with E-state index in [4.69, 9.17) is 5.73 Å². The third-order valence-electron chi connectivity index (χ3n) is 2.14. The molecule has 0 fully saturated rings. The zero-order valence-corrected chi connectivity index (χ0v) is 10.0. The number of rotatable bonds is 2. The molecule has 0 bridgehead atoms. The number of hydrogen-bond acceptors (Lipinski definition) is 5. The van der Waals surface area contributed by atoms with Gasteiger partial charge < -0.3 is 10.5 Å². The molecule has 6 nitrogen and oxygen atoms in total. The van der Waals surface area contributed by atoms with Crippen LogP contribution in [0.5, 0.6) is 0 Å². The first kappa shape index (κ1) is 13.5. The van der Waals surface area contributed by atoms with Gasteiger partial charge in [-0.3, -0.25) is 10.1 Å². The summed E-state index contributed by atoms with van der Waals surface area (Å²) in [7, 11) is 0. The topological polar surface area (TPSA) is 95.5 Å². The van der Waals surface area contributed by atoms with Gasteiger partial charge in [0.25, 0.3) is 5.69 Å². The molecule has 0 aliphatic rings. The van der Waals surface area contributed by atoms with Crippen LogP contribution in [-0.4, -0.2) is 17.5 Å². The number of esters is 1. The van der Waals surface area contributed by atoms with Gasteiger partial charge in [-0.2, -0.15) is 0 Å². The number of nitrogens with two attached hydrogens (primary N) is 1. The van der Waals surface area contributed by atoms with Crippen molar-refractivity contribution in [3.63, 3.8) is 0 Å². The Kier molecular flexibility index (Phi) is 4.27. The molecular weight excluding hydrogens is 236 g/mol. The van der Waals surface area contributed by atoms with Gasteiger partial charge in [0, 0.05) is 23.1 Å². The van der Waals surface area contributed by atoms with Crippen LogP contribution in [0.15, 0.2) is 12.1 Å². The van der Waals surface area contributed by atoms with Crippen LogP contribution in [0.3, 0.4) is 0 Å². The number of hydrogen-bond donors (Lipinski definition) is 1. The first-order valence-corrected chi connectivity index (χ1v) is 5.19. The minimum atomic E-state index is -0.659. The smallest absolute Gasteiger partial charge is 0.384 e. The number of ether oxygens (including phenoxy) is 1. The Morgan fingerprint density at radius 2 is 2.22 bits per heavy atom. The van der Waals surface area contributed by atoms with Crippen molar-refractivity contribution in [1.29, 1.82) is 0 Å². The van der Waals surface area contributed by atoms with E-state index in [9.17, 15) is 14.9 Å². The Morgan fingerprint density at radius 3 is 2.78 bits per heavy atom. The standard InChI is InChI=1S/C12H12N2O4/c1-3-18-12(15)5-4-9-6-8(2)11(14(16)17)7-10(9)13/h6-7H,3,13H2,1-2H3. The second-order valence-corrected chi connectivity index (χ2v) is 3.45. The summed E-state index contributed by atoms with van der Waals surface area (Å²) in [6.45, 7) is 3.49. The zero-order chi connectivity index (χ0) is 13.7. The molecule has 6 heteroatoms. The number of nitrogen functional groups attached to an aromatic ring is 1. The average Bonchev–Trinajstić information content (AvgIpc) is 2.29. The van der Waals surface area contributed by atoms with E-state index in [1.54, 1.807) is 13.8 Å². The van der Waals surface area contributed by atoms with Gasteiger partial charge in [-0.05, 0) is 19.9 Å². The fourth-order valence-electron chi connectivity index (χ4n) is 1.30. The second kappa shape index (κ2) is 5.68. The van der Waals surface area contributed by atoms with Gasteiger partial charge in [-0.1, -0.05) is 5.92 Å². The molecule has 0 amide bonds. The maximum atomic E-state index is 11.0. The monoisotopic (exact) mass is 248 g/mol. The Bertz CT molecular complexity index is 555. The van der Waals surface area contributed by atoms with Gasteiger partial charge in [0.15, 0.2) is 0 Å². The molecule has 0 aliphatic carbocycles. The number of anilines is 1. The molecule has 0 radical (unpaired) electrons. The highest BCUT2D eigenvalue weighted by molar-refractivity contribution is 5.89. The Balaban J connectivity index is 3.09. The molecule has 94 valence electrons. The number of aryl methyl sites for hydroxylation is 1. The highest BCUT2D eigenvalue weighted by atomic mass is 16.6. The number of carbonyl (C=O) groups excluding carboxylic acids is 1. The van der Waals surface area contributed by atoms with E-state index < -0.39 is 10.9 Å². The molecule has 1 aromatic carbocycles. The van der Waals surface area contributed by atoms with E-state index in [0.29, 0.717) is 11.1 Å². The lowest BCUT2D eigenvalue weighted by atomic mass is 10.1. The lowest BCUT2D eigenvalue weighted by Gasteiger charge is -2.01. The van der Waals surface area contributed by atoms with Gasteiger partial charge in [0.05, 0.1) is 17.2 Å². The van der Waals surface area contributed by atoms with Crippen molar-refractivity contribution in [3.05, 3.63) is 33.4 Å². The van der Waals surface area contributed by atoms with Crippen LogP contribution in [-0.2, 0) is 9.53 Å². The highest BCUT2D eigenvalue weighted by Gasteiger charge is 2.12. The summed E-state index contributed by atoms with van der Waals surface area (Å²) >= 11 is 0. The van der Waals surface area contributed by atoms with Gasteiger partial charge in [-0.25, -0.2) is 4.79 Å². The summed E-state index contributed by atoms with van der Waals surface area (Å²) in [5.41, 5.74) is 6.51. The fourth-order valence-corrected chi connectivity index (χ4v) is 1.30. The van der Waals surface area contributed by atoms with Crippen molar-refractivity contribution in [3.8, 4) is 11.8 Å². The number of nitrogens with zero attached hydrogens (tertiary/aromatic N) is 1. The second-order valence-electron chi connectivity index (χ2n) is 3.45. The molecule has 0 spiro atoms. The molecule has 2 N–H and O–H groups in total. The first-order chi connectivity index (χ1) is 8.45. The van der Waals surface area contributed by atoms with E-state index in [1.807, 2.05) is 0 Å². The summed E-state index contributed by atoms with van der Waals surface area (Å²) < 4.78 is 4.63. The molecule has 0 atom stereocenters. The van der Waals surface area contributed by atoms with E-state index >= 15 is 0 Å². The van der Waals surface area contributed by atoms with Crippen LogP contribution in [0.2, 0.25) is 0 Å². The predicted molar refractivity (Wildman–Crippen MR) is 65.8 cm³/mol. The van der Waals surface area contributed by atoms with Crippen molar-refractivity contribution in [2.75, 3.05) is 12.3 Å². The number of benzene rings is 1. The van der Waals surface area contributed by atoms with Crippen LogP contribution >= 0.6 is 0 Å². The Labute approximate surface area is 104 Å². The summed E-state index contributed by atoms with van der Waals surface area (Å²) in [6.07, 6.45) is 0. The summed E-state index contributed by atoms with van der Waals surface area (Å²) in [4.78, 5) is 21.2. The van der Waals surface area contributed by atoms with Crippen LogP contribution < -0.4 is 5.73 Å². The Hall–Kier alpha value is -2.55. The van der Waals surface area contributed by atoms with Crippen LogP contribution in [0.25, 0.3) is 0 Å². The highest BCUT2D eigenvalue weighted by Crippen LogP contribution is 2.23. The average molecular weight is 248 g/mol. The molecule has 0 aromatic heterocycles.